The first-order chi connectivity index (χ1) is 12.7. The van der Waals surface area contributed by atoms with E-state index in [1.165, 1.54) is 11.3 Å². The zero-order valence-electron chi connectivity index (χ0n) is 14.6. The van der Waals surface area contributed by atoms with Gasteiger partial charge in [-0.1, -0.05) is 12.1 Å². The largest absolute Gasteiger partial charge is 0.379 e. The highest BCUT2D eigenvalue weighted by Gasteiger charge is 2.19. The quantitative estimate of drug-likeness (QED) is 0.746. The fraction of sp³-hybridized carbons (Fsp3) is 0.389. The number of ether oxygens (including phenoxy) is 1. The predicted molar refractivity (Wildman–Crippen MR) is 101 cm³/mol. The molecule has 1 aromatic carbocycles. The molecule has 0 spiro atoms. The zero-order valence-corrected chi connectivity index (χ0v) is 15.4. The number of nitrogens with one attached hydrogen (secondary N) is 1. The van der Waals surface area contributed by atoms with Crippen LogP contribution in [-0.4, -0.2) is 51.6 Å². The van der Waals surface area contributed by atoms with Crippen LogP contribution >= 0.6 is 11.3 Å². The third-order valence-electron chi connectivity index (χ3n) is 4.55. The molecule has 136 valence electrons. The number of para-hydroxylation sites is 2. The topological polar surface area (TPSA) is 72.3 Å². The van der Waals surface area contributed by atoms with E-state index < -0.39 is 0 Å². The molecule has 3 heterocycles. The monoisotopic (exact) mass is 371 g/mol. The van der Waals surface area contributed by atoms with Crippen LogP contribution in [0.25, 0.3) is 11.0 Å². The summed E-state index contributed by atoms with van der Waals surface area (Å²) in [6.07, 6.45) is 1.71. The molecule has 1 unspecified atom stereocenters. The Morgan fingerprint density at radius 3 is 3.00 bits per heavy atom. The first-order valence-corrected chi connectivity index (χ1v) is 9.55. The van der Waals surface area contributed by atoms with Gasteiger partial charge in [-0.3, -0.25) is 9.69 Å². The number of carbonyl (C=O) groups is 1. The Labute approximate surface area is 155 Å². The number of fused-ring (bicyclic) bond motifs is 1. The minimum Gasteiger partial charge on any atom is -0.379 e. The van der Waals surface area contributed by atoms with Crippen molar-refractivity contribution in [1.82, 2.24) is 19.4 Å². The first-order valence-electron chi connectivity index (χ1n) is 8.67. The average molecular weight is 371 g/mol. The van der Waals surface area contributed by atoms with Gasteiger partial charge in [0.25, 0.3) is 0 Å². The lowest BCUT2D eigenvalue weighted by atomic mass is 10.2. The number of nitrogens with zero attached hydrogens (tertiary/aromatic N) is 4. The Morgan fingerprint density at radius 2 is 2.15 bits per heavy atom. The summed E-state index contributed by atoms with van der Waals surface area (Å²) < 4.78 is 7.25. The molecule has 1 N–H and O–H groups in total. The second-order valence-electron chi connectivity index (χ2n) is 6.34. The van der Waals surface area contributed by atoms with E-state index >= 15 is 0 Å². The molecule has 1 atom stereocenters. The van der Waals surface area contributed by atoms with Gasteiger partial charge in [0, 0.05) is 25.0 Å². The number of thiazole rings is 1. The predicted octanol–water partition coefficient (Wildman–Crippen LogP) is 2.52. The summed E-state index contributed by atoms with van der Waals surface area (Å²) in [7, 11) is 0. The summed E-state index contributed by atoms with van der Waals surface area (Å²) in [5.41, 5.74) is 2.81. The summed E-state index contributed by atoms with van der Waals surface area (Å²) in [4.78, 5) is 23.8. The van der Waals surface area contributed by atoms with Crippen molar-refractivity contribution in [1.29, 1.82) is 0 Å². The molecule has 1 amide bonds. The van der Waals surface area contributed by atoms with Crippen molar-refractivity contribution in [2.24, 2.45) is 0 Å². The van der Waals surface area contributed by atoms with Crippen LogP contribution in [0.5, 0.6) is 0 Å². The van der Waals surface area contributed by atoms with Crippen molar-refractivity contribution in [2.75, 3.05) is 31.6 Å². The summed E-state index contributed by atoms with van der Waals surface area (Å²) in [5, 5.41) is 5.57. The molecule has 4 rings (SSSR count). The van der Waals surface area contributed by atoms with Gasteiger partial charge < -0.3 is 14.6 Å². The lowest BCUT2D eigenvalue weighted by Gasteiger charge is -2.25. The normalized spacial score (nSPS) is 16.7. The number of carbonyl (C=O) groups excluding carboxylic acids is 1. The standard InChI is InChI=1S/C18H21N5O2S/c1-13(23-12-19-15-4-2-3-5-16(15)23)17(24)21-18-20-14(11-26-18)10-22-6-8-25-9-7-22/h2-5,11-13H,6-10H2,1H3,(H,20,21,24). The van der Waals surface area contributed by atoms with Crippen LogP contribution in [0.2, 0.25) is 0 Å². The number of morpholine rings is 1. The van der Waals surface area contributed by atoms with E-state index in [1.807, 2.05) is 41.1 Å². The first kappa shape index (κ1) is 17.1. The van der Waals surface area contributed by atoms with E-state index in [2.05, 4.69) is 20.2 Å². The van der Waals surface area contributed by atoms with E-state index in [0.717, 1.165) is 49.6 Å². The molecule has 26 heavy (non-hydrogen) atoms. The van der Waals surface area contributed by atoms with E-state index in [9.17, 15) is 4.79 Å². The van der Waals surface area contributed by atoms with Gasteiger partial charge >= 0.3 is 0 Å². The van der Waals surface area contributed by atoms with Gasteiger partial charge in [0.1, 0.15) is 6.04 Å². The summed E-state index contributed by atoms with van der Waals surface area (Å²) in [5.74, 6) is -0.0968. The van der Waals surface area contributed by atoms with E-state index in [0.29, 0.717) is 5.13 Å². The Morgan fingerprint density at radius 1 is 1.35 bits per heavy atom. The molecule has 0 bridgehead atoms. The second-order valence-corrected chi connectivity index (χ2v) is 7.20. The van der Waals surface area contributed by atoms with Gasteiger partial charge in [0.05, 0.1) is 36.3 Å². The van der Waals surface area contributed by atoms with Gasteiger partial charge in [-0.05, 0) is 19.1 Å². The number of benzene rings is 1. The molecule has 2 aromatic heterocycles. The molecule has 0 aliphatic carbocycles. The minimum atomic E-state index is -0.367. The van der Waals surface area contributed by atoms with Crippen LogP contribution < -0.4 is 5.32 Å². The van der Waals surface area contributed by atoms with E-state index in [-0.39, 0.29) is 11.9 Å². The number of amides is 1. The third kappa shape index (κ3) is 3.62. The number of rotatable bonds is 5. The van der Waals surface area contributed by atoms with Gasteiger partial charge in [0.2, 0.25) is 5.91 Å². The SMILES string of the molecule is CC(C(=O)Nc1nc(CN2CCOCC2)cs1)n1cnc2ccccc21. The lowest BCUT2D eigenvalue weighted by molar-refractivity contribution is -0.118. The highest BCUT2D eigenvalue weighted by atomic mass is 32.1. The lowest BCUT2D eigenvalue weighted by Crippen LogP contribution is -2.35. The van der Waals surface area contributed by atoms with Gasteiger partial charge in [-0.2, -0.15) is 0 Å². The van der Waals surface area contributed by atoms with Crippen molar-refractivity contribution in [3.05, 3.63) is 41.7 Å². The molecule has 7 nitrogen and oxygen atoms in total. The number of hydrogen-bond donors (Lipinski definition) is 1. The summed E-state index contributed by atoms with van der Waals surface area (Å²) >= 11 is 1.46. The minimum absolute atomic E-state index is 0.0968. The molecule has 1 aliphatic rings. The molecule has 8 heteroatoms. The number of aromatic nitrogens is 3. The molecule has 0 saturated carbocycles. The molecular weight excluding hydrogens is 350 g/mol. The van der Waals surface area contributed by atoms with E-state index in [4.69, 9.17) is 4.74 Å². The van der Waals surface area contributed by atoms with Crippen molar-refractivity contribution in [2.45, 2.75) is 19.5 Å². The zero-order chi connectivity index (χ0) is 17.9. The van der Waals surface area contributed by atoms with Gasteiger partial charge in [-0.25, -0.2) is 9.97 Å². The number of hydrogen-bond acceptors (Lipinski definition) is 6. The molecule has 1 saturated heterocycles. The Hall–Kier alpha value is -2.29. The summed E-state index contributed by atoms with van der Waals surface area (Å²) in [6.45, 7) is 6.03. The van der Waals surface area contributed by atoms with Crippen LogP contribution in [-0.2, 0) is 16.1 Å². The van der Waals surface area contributed by atoms with Crippen molar-refractivity contribution in [3.63, 3.8) is 0 Å². The Balaban J connectivity index is 1.41. The maximum absolute atomic E-state index is 12.6. The fourth-order valence-electron chi connectivity index (χ4n) is 3.05. The van der Waals surface area contributed by atoms with E-state index in [1.54, 1.807) is 6.33 Å². The maximum atomic E-state index is 12.6. The number of anilines is 1. The van der Waals surface area contributed by atoms with Crippen LogP contribution in [0, 0.1) is 0 Å². The number of imidazole rings is 1. The maximum Gasteiger partial charge on any atom is 0.248 e. The van der Waals surface area contributed by atoms with Crippen LogP contribution in [0.15, 0.2) is 36.0 Å². The second kappa shape index (κ2) is 7.53. The van der Waals surface area contributed by atoms with Gasteiger partial charge in [-0.15, -0.1) is 11.3 Å². The molecule has 1 fully saturated rings. The fourth-order valence-corrected chi connectivity index (χ4v) is 3.75. The van der Waals surface area contributed by atoms with Crippen LogP contribution in [0.3, 0.4) is 0 Å². The molecule has 3 aromatic rings. The highest BCUT2D eigenvalue weighted by Crippen LogP contribution is 2.21. The Bertz CT molecular complexity index is 900. The van der Waals surface area contributed by atoms with Crippen molar-refractivity contribution in [3.8, 4) is 0 Å². The van der Waals surface area contributed by atoms with Crippen molar-refractivity contribution >= 4 is 33.4 Å². The molecule has 0 radical (unpaired) electrons. The van der Waals surface area contributed by atoms with Crippen LogP contribution in [0.1, 0.15) is 18.7 Å². The average Bonchev–Trinajstić information content (AvgIpc) is 3.29. The smallest absolute Gasteiger partial charge is 0.248 e. The third-order valence-corrected chi connectivity index (χ3v) is 5.36. The molecular formula is C18H21N5O2S. The van der Waals surface area contributed by atoms with Crippen LogP contribution in [0.4, 0.5) is 5.13 Å². The highest BCUT2D eigenvalue weighted by molar-refractivity contribution is 7.13. The summed E-state index contributed by atoms with van der Waals surface area (Å²) in [6, 6.07) is 7.43. The molecule has 1 aliphatic heterocycles. The van der Waals surface area contributed by atoms with Gasteiger partial charge in [0.15, 0.2) is 5.13 Å². The van der Waals surface area contributed by atoms with Crippen molar-refractivity contribution < 1.29 is 9.53 Å². The Kier molecular flexibility index (Phi) is 4.96.